The van der Waals surface area contributed by atoms with Gasteiger partial charge in [-0.05, 0) is 26.7 Å². The first-order chi connectivity index (χ1) is 8.25. The second-order valence-corrected chi connectivity index (χ2v) is 6.38. The van der Waals surface area contributed by atoms with E-state index >= 15 is 0 Å². The summed E-state index contributed by atoms with van der Waals surface area (Å²) in [6, 6.07) is 0. The van der Waals surface area contributed by atoms with Crippen LogP contribution in [-0.4, -0.2) is 36.6 Å². The third kappa shape index (κ3) is 5.38. The monoisotopic (exact) mass is 257 g/mol. The number of likely N-dealkylation sites (N-methyl/N-ethyl adjacent to an activating group) is 1. The molecule has 0 amide bonds. The van der Waals surface area contributed by atoms with Gasteiger partial charge in [-0.15, -0.1) is 0 Å². The van der Waals surface area contributed by atoms with Gasteiger partial charge in [0.25, 0.3) is 0 Å². The Labute approximate surface area is 113 Å². The number of aliphatic carboxylic acids is 1. The van der Waals surface area contributed by atoms with Gasteiger partial charge in [-0.3, -0.25) is 0 Å². The van der Waals surface area contributed by atoms with Gasteiger partial charge in [0.05, 0.1) is 20.6 Å². The number of unbranched alkanes of at least 4 members (excludes halogenated alkanes) is 6. The van der Waals surface area contributed by atoms with Gasteiger partial charge in [0.15, 0.2) is 0 Å². The van der Waals surface area contributed by atoms with Gasteiger partial charge in [-0.2, -0.15) is 0 Å². The Bertz CT molecular complexity index is 247. The number of carbonyl (C=O) groups is 1. The molecule has 0 atom stereocenters. The highest BCUT2D eigenvalue weighted by molar-refractivity contribution is 5.73. The number of hydrogen-bond donors (Lipinski definition) is 0. The van der Waals surface area contributed by atoms with E-state index in [-0.39, 0.29) is 0 Å². The van der Waals surface area contributed by atoms with Crippen LogP contribution < -0.4 is 5.11 Å². The summed E-state index contributed by atoms with van der Waals surface area (Å²) in [6.07, 6.45) is 8.82. The van der Waals surface area contributed by atoms with Crippen LogP contribution in [0.25, 0.3) is 0 Å². The lowest BCUT2D eigenvalue weighted by Crippen LogP contribution is -2.64. The fraction of sp³-hybridized carbons (Fsp3) is 0.933. The number of hydrogen-bond acceptors (Lipinski definition) is 2. The molecule has 0 bridgehead atoms. The molecular formula is C15H31NO2. The van der Waals surface area contributed by atoms with Crippen molar-refractivity contribution in [1.82, 2.24) is 0 Å². The molecule has 0 radical (unpaired) electrons. The van der Waals surface area contributed by atoms with Crippen LogP contribution in [0, 0.1) is 0 Å². The van der Waals surface area contributed by atoms with Gasteiger partial charge in [0, 0.05) is 0 Å². The van der Waals surface area contributed by atoms with Crippen molar-refractivity contribution in [3.63, 3.8) is 0 Å². The summed E-state index contributed by atoms with van der Waals surface area (Å²) in [5.41, 5.74) is -0.817. The van der Waals surface area contributed by atoms with E-state index < -0.39 is 11.5 Å². The smallest absolute Gasteiger partial charge is 0.133 e. The Hall–Kier alpha value is -0.570. The van der Waals surface area contributed by atoms with E-state index in [2.05, 4.69) is 6.92 Å². The van der Waals surface area contributed by atoms with Crippen LogP contribution in [0.2, 0.25) is 0 Å². The number of carbonyl (C=O) groups excluding carboxylic acids is 1. The van der Waals surface area contributed by atoms with Crippen LogP contribution in [0.15, 0.2) is 0 Å². The first-order valence-electron chi connectivity index (χ1n) is 7.30. The summed E-state index contributed by atoms with van der Waals surface area (Å²) in [4.78, 5) is 11.1. The van der Waals surface area contributed by atoms with Crippen LogP contribution in [0.4, 0.5) is 0 Å². The largest absolute Gasteiger partial charge is 0.544 e. The van der Waals surface area contributed by atoms with Crippen LogP contribution in [-0.2, 0) is 4.79 Å². The Morgan fingerprint density at radius 2 is 1.44 bits per heavy atom. The molecule has 0 aromatic rings. The van der Waals surface area contributed by atoms with Crippen molar-refractivity contribution >= 4 is 5.97 Å². The second-order valence-electron chi connectivity index (χ2n) is 6.38. The standard InChI is InChI=1S/C15H31NO2/c1-6-7-8-9-10-11-12-13-16(4,5)15(2,3)14(17)18/h6-13H2,1-5H3. The third-order valence-electron chi connectivity index (χ3n) is 4.33. The zero-order valence-corrected chi connectivity index (χ0v) is 12.9. The zero-order chi connectivity index (χ0) is 14.2. The van der Waals surface area contributed by atoms with E-state index in [9.17, 15) is 9.90 Å². The number of carboxylic acid groups (broad SMARTS) is 1. The summed E-state index contributed by atoms with van der Waals surface area (Å²) in [5.74, 6) is -0.963. The molecular weight excluding hydrogens is 226 g/mol. The Kier molecular flexibility index (Phi) is 7.53. The molecule has 18 heavy (non-hydrogen) atoms. The van der Waals surface area contributed by atoms with Gasteiger partial charge in [-0.1, -0.05) is 39.0 Å². The summed E-state index contributed by atoms with van der Waals surface area (Å²) in [5, 5.41) is 11.1. The maximum Gasteiger partial charge on any atom is 0.133 e. The molecule has 0 N–H and O–H groups in total. The molecule has 3 heteroatoms. The van der Waals surface area contributed by atoms with Crippen molar-refractivity contribution in [3.05, 3.63) is 0 Å². The van der Waals surface area contributed by atoms with Gasteiger partial charge < -0.3 is 14.4 Å². The lowest BCUT2D eigenvalue weighted by molar-refractivity contribution is -0.930. The van der Waals surface area contributed by atoms with Crippen LogP contribution in [0.3, 0.4) is 0 Å². The molecule has 0 saturated carbocycles. The minimum Gasteiger partial charge on any atom is -0.544 e. The fourth-order valence-corrected chi connectivity index (χ4v) is 1.99. The number of rotatable bonds is 10. The molecule has 0 spiro atoms. The van der Waals surface area contributed by atoms with Crippen LogP contribution >= 0.6 is 0 Å². The summed E-state index contributed by atoms with van der Waals surface area (Å²) in [6.45, 7) is 6.63. The van der Waals surface area contributed by atoms with E-state index in [0.717, 1.165) is 13.0 Å². The van der Waals surface area contributed by atoms with Crippen molar-refractivity contribution in [2.45, 2.75) is 71.3 Å². The molecule has 0 saturated heterocycles. The topological polar surface area (TPSA) is 40.1 Å². The third-order valence-corrected chi connectivity index (χ3v) is 4.33. The zero-order valence-electron chi connectivity index (χ0n) is 12.9. The molecule has 0 unspecified atom stereocenters. The number of carboxylic acids is 1. The quantitative estimate of drug-likeness (QED) is 0.445. The minimum atomic E-state index is -0.963. The normalized spacial score (nSPS) is 12.7. The van der Waals surface area contributed by atoms with E-state index in [1.54, 1.807) is 13.8 Å². The lowest BCUT2D eigenvalue weighted by atomic mass is 9.99. The second kappa shape index (κ2) is 7.78. The van der Waals surface area contributed by atoms with Crippen LogP contribution in [0.1, 0.15) is 65.7 Å². The van der Waals surface area contributed by atoms with Gasteiger partial charge in [0.2, 0.25) is 0 Å². The SMILES string of the molecule is CCCCCCCCC[N+](C)(C)C(C)(C)C(=O)[O-]. The van der Waals surface area contributed by atoms with Crippen molar-refractivity contribution < 1.29 is 14.4 Å². The molecule has 0 rings (SSSR count). The van der Waals surface area contributed by atoms with E-state index in [0.29, 0.717) is 4.48 Å². The lowest BCUT2D eigenvalue weighted by Gasteiger charge is -2.45. The molecule has 3 nitrogen and oxygen atoms in total. The van der Waals surface area contributed by atoms with E-state index in [4.69, 9.17) is 0 Å². The molecule has 0 heterocycles. The average molecular weight is 257 g/mol. The molecule has 108 valence electrons. The Morgan fingerprint density at radius 1 is 1.00 bits per heavy atom. The van der Waals surface area contributed by atoms with Crippen molar-refractivity contribution in [1.29, 1.82) is 0 Å². The maximum atomic E-state index is 11.1. The molecule has 0 aliphatic rings. The summed E-state index contributed by atoms with van der Waals surface area (Å²) >= 11 is 0. The highest BCUT2D eigenvalue weighted by Crippen LogP contribution is 2.21. The Balaban J connectivity index is 3.88. The molecule has 0 fully saturated rings. The van der Waals surface area contributed by atoms with Gasteiger partial charge in [-0.25, -0.2) is 0 Å². The fourth-order valence-electron chi connectivity index (χ4n) is 1.99. The minimum absolute atomic E-state index is 0.490. The van der Waals surface area contributed by atoms with E-state index in [1.807, 2.05) is 14.1 Å². The summed E-state index contributed by atoms with van der Waals surface area (Å²) in [7, 11) is 3.96. The predicted molar refractivity (Wildman–Crippen MR) is 74.1 cm³/mol. The van der Waals surface area contributed by atoms with Crippen molar-refractivity contribution in [2.75, 3.05) is 20.6 Å². The molecule has 0 aliphatic heterocycles. The van der Waals surface area contributed by atoms with Crippen molar-refractivity contribution in [2.24, 2.45) is 0 Å². The van der Waals surface area contributed by atoms with Crippen LogP contribution in [0.5, 0.6) is 0 Å². The Morgan fingerprint density at radius 3 is 1.89 bits per heavy atom. The highest BCUT2D eigenvalue weighted by Gasteiger charge is 2.37. The first kappa shape index (κ1) is 17.4. The average Bonchev–Trinajstić information content (AvgIpc) is 2.27. The maximum absolute atomic E-state index is 11.1. The van der Waals surface area contributed by atoms with Crippen molar-refractivity contribution in [3.8, 4) is 0 Å². The van der Waals surface area contributed by atoms with E-state index in [1.165, 1.54) is 38.5 Å². The van der Waals surface area contributed by atoms with Gasteiger partial charge in [0.1, 0.15) is 11.5 Å². The number of nitrogens with zero attached hydrogens (tertiary/aromatic N) is 1. The predicted octanol–water partition coefficient (Wildman–Crippen LogP) is 2.34. The van der Waals surface area contributed by atoms with Gasteiger partial charge >= 0.3 is 0 Å². The first-order valence-corrected chi connectivity index (χ1v) is 7.30. The highest BCUT2D eigenvalue weighted by atomic mass is 16.4. The number of quaternary nitrogens is 1. The molecule has 0 aliphatic carbocycles. The molecule has 0 aromatic carbocycles. The summed E-state index contributed by atoms with van der Waals surface area (Å²) < 4.78 is 0.490. The molecule has 0 aromatic heterocycles.